The van der Waals surface area contributed by atoms with Gasteiger partial charge in [-0.05, 0) is 25.9 Å². The number of nitrogens with zero attached hydrogens (tertiary/aromatic N) is 1. The summed E-state index contributed by atoms with van der Waals surface area (Å²) in [6.45, 7) is 6.22. The van der Waals surface area contributed by atoms with Crippen molar-refractivity contribution in [3.05, 3.63) is 0 Å². The van der Waals surface area contributed by atoms with Gasteiger partial charge in [-0.3, -0.25) is 0 Å². The molecule has 3 nitrogen and oxygen atoms in total. The van der Waals surface area contributed by atoms with Crippen molar-refractivity contribution in [2.24, 2.45) is 0 Å². The monoisotopic (exact) mass is 171 g/mol. The molecule has 2 aliphatic rings. The summed E-state index contributed by atoms with van der Waals surface area (Å²) in [6.07, 6.45) is 3.15. The fourth-order valence-electron chi connectivity index (χ4n) is 1.58. The number of hydrogen-bond donors (Lipinski definition) is 0. The number of hydrogen-bond acceptors (Lipinski definition) is 3. The molecule has 70 valence electrons. The Morgan fingerprint density at radius 2 is 2.08 bits per heavy atom. The summed E-state index contributed by atoms with van der Waals surface area (Å²) in [6, 6.07) is 0. The van der Waals surface area contributed by atoms with Crippen LogP contribution in [0.15, 0.2) is 0 Å². The highest BCUT2D eigenvalue weighted by Gasteiger charge is 2.22. The Morgan fingerprint density at radius 3 is 2.75 bits per heavy atom. The molecule has 2 saturated heterocycles. The second-order valence-corrected chi connectivity index (χ2v) is 3.58. The molecule has 1 unspecified atom stereocenters. The molecule has 0 aromatic carbocycles. The van der Waals surface area contributed by atoms with Crippen molar-refractivity contribution in [1.82, 2.24) is 4.90 Å². The molecule has 0 spiro atoms. The molecular weight excluding hydrogens is 154 g/mol. The summed E-state index contributed by atoms with van der Waals surface area (Å²) in [5.74, 6) is 0. The Bertz CT molecular complexity index is 130. The Kier molecular flexibility index (Phi) is 2.98. The standard InChI is InChI=1S/C9H17NO2/c1-2-4-10(3-1)5-6-11-7-9-8-12-9/h9H,1-8H2. The van der Waals surface area contributed by atoms with E-state index in [9.17, 15) is 0 Å². The summed E-state index contributed by atoms with van der Waals surface area (Å²) in [5, 5.41) is 0. The number of epoxide rings is 1. The maximum absolute atomic E-state index is 5.45. The van der Waals surface area contributed by atoms with E-state index in [4.69, 9.17) is 9.47 Å². The first kappa shape index (κ1) is 8.48. The number of likely N-dealkylation sites (tertiary alicyclic amines) is 1. The van der Waals surface area contributed by atoms with Crippen molar-refractivity contribution in [3.8, 4) is 0 Å². The first-order chi connectivity index (χ1) is 5.95. The number of ether oxygens (including phenoxy) is 2. The third kappa shape index (κ3) is 2.73. The van der Waals surface area contributed by atoms with Gasteiger partial charge in [0.05, 0.1) is 19.8 Å². The largest absolute Gasteiger partial charge is 0.377 e. The van der Waals surface area contributed by atoms with Crippen LogP contribution in [0.5, 0.6) is 0 Å². The molecule has 0 aromatic heterocycles. The van der Waals surface area contributed by atoms with Crippen molar-refractivity contribution in [3.63, 3.8) is 0 Å². The van der Waals surface area contributed by atoms with E-state index in [2.05, 4.69) is 4.90 Å². The summed E-state index contributed by atoms with van der Waals surface area (Å²) in [4.78, 5) is 2.47. The molecule has 0 bridgehead atoms. The van der Waals surface area contributed by atoms with Gasteiger partial charge in [0.25, 0.3) is 0 Å². The molecule has 12 heavy (non-hydrogen) atoms. The first-order valence-corrected chi connectivity index (χ1v) is 4.87. The average molecular weight is 171 g/mol. The third-order valence-electron chi connectivity index (χ3n) is 2.46. The van der Waals surface area contributed by atoms with Crippen LogP contribution in [0.1, 0.15) is 12.8 Å². The molecule has 0 aliphatic carbocycles. The van der Waals surface area contributed by atoms with Crippen LogP contribution >= 0.6 is 0 Å². The quantitative estimate of drug-likeness (QED) is 0.445. The Morgan fingerprint density at radius 1 is 1.33 bits per heavy atom. The van der Waals surface area contributed by atoms with Gasteiger partial charge in [0.2, 0.25) is 0 Å². The van der Waals surface area contributed by atoms with E-state index in [1.165, 1.54) is 25.9 Å². The maximum Gasteiger partial charge on any atom is 0.104 e. The summed E-state index contributed by atoms with van der Waals surface area (Å²) in [7, 11) is 0. The lowest BCUT2D eigenvalue weighted by molar-refractivity contribution is 0.0973. The second-order valence-electron chi connectivity index (χ2n) is 3.58. The van der Waals surface area contributed by atoms with Gasteiger partial charge < -0.3 is 14.4 Å². The Hall–Kier alpha value is -0.120. The smallest absolute Gasteiger partial charge is 0.104 e. The van der Waals surface area contributed by atoms with E-state index in [0.717, 1.165) is 26.4 Å². The van der Waals surface area contributed by atoms with Crippen molar-refractivity contribution in [2.75, 3.05) is 39.5 Å². The second kappa shape index (κ2) is 4.21. The van der Waals surface area contributed by atoms with Gasteiger partial charge in [-0.25, -0.2) is 0 Å². The van der Waals surface area contributed by atoms with Gasteiger partial charge in [-0.15, -0.1) is 0 Å². The molecular formula is C9H17NO2. The van der Waals surface area contributed by atoms with Crippen molar-refractivity contribution >= 4 is 0 Å². The van der Waals surface area contributed by atoms with Crippen molar-refractivity contribution < 1.29 is 9.47 Å². The first-order valence-electron chi connectivity index (χ1n) is 4.87. The normalized spacial score (nSPS) is 29.5. The Labute approximate surface area is 73.6 Å². The molecule has 2 heterocycles. The van der Waals surface area contributed by atoms with Crippen LogP contribution in [0.3, 0.4) is 0 Å². The van der Waals surface area contributed by atoms with Crippen LogP contribution in [0.2, 0.25) is 0 Å². The van der Waals surface area contributed by atoms with Crippen LogP contribution in [-0.2, 0) is 9.47 Å². The van der Waals surface area contributed by atoms with Gasteiger partial charge in [-0.1, -0.05) is 0 Å². The lowest BCUT2D eigenvalue weighted by Gasteiger charge is -2.13. The fourth-order valence-corrected chi connectivity index (χ4v) is 1.58. The van der Waals surface area contributed by atoms with Gasteiger partial charge in [-0.2, -0.15) is 0 Å². The van der Waals surface area contributed by atoms with Crippen LogP contribution in [0.25, 0.3) is 0 Å². The van der Waals surface area contributed by atoms with Crippen LogP contribution in [0, 0.1) is 0 Å². The van der Waals surface area contributed by atoms with E-state index >= 15 is 0 Å². The molecule has 0 radical (unpaired) electrons. The van der Waals surface area contributed by atoms with Crippen LogP contribution in [0.4, 0.5) is 0 Å². The SMILES string of the molecule is C1CCN(CCOCC2CO2)C1. The summed E-state index contributed by atoms with van der Waals surface area (Å²) in [5.41, 5.74) is 0. The number of rotatable bonds is 5. The molecule has 0 N–H and O–H groups in total. The molecule has 2 rings (SSSR count). The minimum absolute atomic E-state index is 0.420. The minimum atomic E-state index is 0.420. The van der Waals surface area contributed by atoms with Gasteiger partial charge in [0.15, 0.2) is 0 Å². The molecule has 2 aliphatic heterocycles. The lowest BCUT2D eigenvalue weighted by atomic mass is 10.4. The predicted octanol–water partition coefficient (Wildman–Crippen LogP) is 0.498. The topological polar surface area (TPSA) is 25.0 Å². The zero-order valence-corrected chi connectivity index (χ0v) is 7.50. The summed E-state index contributed by atoms with van der Waals surface area (Å²) >= 11 is 0. The molecule has 2 fully saturated rings. The van der Waals surface area contributed by atoms with E-state index in [-0.39, 0.29) is 0 Å². The zero-order valence-electron chi connectivity index (χ0n) is 7.50. The highest BCUT2D eigenvalue weighted by molar-refractivity contribution is 4.68. The maximum atomic E-state index is 5.45. The van der Waals surface area contributed by atoms with Crippen molar-refractivity contribution in [2.45, 2.75) is 18.9 Å². The third-order valence-corrected chi connectivity index (χ3v) is 2.46. The van der Waals surface area contributed by atoms with Gasteiger partial charge in [0.1, 0.15) is 6.10 Å². The van der Waals surface area contributed by atoms with Crippen LogP contribution in [-0.4, -0.2) is 50.5 Å². The average Bonchev–Trinajstić information content (AvgIpc) is 2.76. The summed E-state index contributed by atoms with van der Waals surface area (Å²) < 4.78 is 10.5. The molecule has 0 aromatic rings. The van der Waals surface area contributed by atoms with Crippen LogP contribution < -0.4 is 0 Å². The van der Waals surface area contributed by atoms with E-state index < -0.39 is 0 Å². The lowest BCUT2D eigenvalue weighted by Crippen LogP contribution is -2.24. The molecule has 3 heteroatoms. The molecule has 1 atom stereocenters. The minimum Gasteiger partial charge on any atom is -0.377 e. The van der Waals surface area contributed by atoms with Gasteiger partial charge >= 0.3 is 0 Å². The molecule has 0 amide bonds. The van der Waals surface area contributed by atoms with Crippen molar-refractivity contribution in [1.29, 1.82) is 0 Å². The van der Waals surface area contributed by atoms with E-state index in [1.54, 1.807) is 0 Å². The van der Waals surface area contributed by atoms with Gasteiger partial charge in [0, 0.05) is 6.54 Å². The highest BCUT2D eigenvalue weighted by atomic mass is 16.6. The van der Waals surface area contributed by atoms with E-state index in [0.29, 0.717) is 6.10 Å². The van der Waals surface area contributed by atoms with E-state index in [1.807, 2.05) is 0 Å². The Balaban J connectivity index is 1.44. The predicted molar refractivity (Wildman–Crippen MR) is 46.2 cm³/mol. The molecule has 0 saturated carbocycles. The highest BCUT2D eigenvalue weighted by Crippen LogP contribution is 2.09. The zero-order chi connectivity index (χ0) is 8.23. The fraction of sp³-hybridized carbons (Fsp3) is 1.00.